The summed E-state index contributed by atoms with van der Waals surface area (Å²) in [5.41, 5.74) is -0.550. The van der Waals surface area contributed by atoms with E-state index >= 15 is 0 Å². The number of benzene rings is 1. The highest BCUT2D eigenvalue weighted by atomic mass is 35.5. The Kier molecular flexibility index (Phi) is 5.59. The van der Waals surface area contributed by atoms with Crippen LogP contribution in [0.25, 0.3) is 0 Å². The molecule has 1 aromatic rings. The van der Waals surface area contributed by atoms with Crippen LogP contribution in [0.1, 0.15) is 18.4 Å². The van der Waals surface area contributed by atoms with Gasteiger partial charge in [-0.2, -0.15) is 0 Å². The van der Waals surface area contributed by atoms with E-state index in [4.69, 9.17) is 16.3 Å². The molecule has 7 heteroatoms. The summed E-state index contributed by atoms with van der Waals surface area (Å²) in [7, 11) is 1.45. The maximum Gasteiger partial charge on any atom is 0.313 e. The van der Waals surface area contributed by atoms with Gasteiger partial charge in [0.2, 0.25) is 5.91 Å². The molecule has 0 bridgehead atoms. The molecule has 5 nitrogen and oxygen atoms in total. The zero-order chi connectivity index (χ0) is 17.0. The van der Waals surface area contributed by atoms with Crippen molar-refractivity contribution in [2.45, 2.75) is 19.3 Å². The van der Waals surface area contributed by atoms with Gasteiger partial charge in [0.15, 0.2) is 0 Å². The van der Waals surface area contributed by atoms with Crippen LogP contribution < -0.4 is 0 Å². The van der Waals surface area contributed by atoms with E-state index in [0.717, 1.165) is 6.07 Å². The molecule has 0 radical (unpaired) electrons. The molecule has 126 valence electrons. The third-order valence-electron chi connectivity index (χ3n) is 4.16. The van der Waals surface area contributed by atoms with Crippen molar-refractivity contribution in [2.24, 2.45) is 5.41 Å². The first-order chi connectivity index (χ1) is 10.9. The van der Waals surface area contributed by atoms with Gasteiger partial charge in [0, 0.05) is 25.2 Å². The Balaban J connectivity index is 2.11. The minimum absolute atomic E-state index is 0.0157. The number of carbonyl (C=O) groups excluding carboxylic acids is 1. The van der Waals surface area contributed by atoms with E-state index in [-0.39, 0.29) is 30.5 Å². The van der Waals surface area contributed by atoms with Crippen LogP contribution in [0, 0.1) is 11.2 Å². The quantitative estimate of drug-likeness (QED) is 0.891. The van der Waals surface area contributed by atoms with Gasteiger partial charge in [-0.05, 0) is 30.5 Å². The average molecular weight is 344 g/mol. The summed E-state index contributed by atoms with van der Waals surface area (Å²) < 4.78 is 18.1. The summed E-state index contributed by atoms with van der Waals surface area (Å²) in [5.74, 6) is -1.65. The second kappa shape index (κ2) is 7.27. The molecule has 0 saturated carbocycles. The Bertz CT molecular complexity index is 606. The minimum atomic E-state index is -1.07. The minimum Gasteiger partial charge on any atom is -0.481 e. The van der Waals surface area contributed by atoms with Crippen LogP contribution in [-0.4, -0.2) is 48.7 Å². The van der Waals surface area contributed by atoms with Crippen LogP contribution in [0.3, 0.4) is 0 Å². The summed E-state index contributed by atoms with van der Waals surface area (Å²) >= 11 is 5.94. The highest BCUT2D eigenvalue weighted by Gasteiger charge is 2.43. The van der Waals surface area contributed by atoms with E-state index in [1.807, 2.05) is 0 Å². The molecule has 23 heavy (non-hydrogen) atoms. The van der Waals surface area contributed by atoms with Crippen LogP contribution in [-0.2, 0) is 20.7 Å². The molecule has 2 rings (SSSR count). The van der Waals surface area contributed by atoms with Crippen LogP contribution >= 0.6 is 11.6 Å². The second-order valence-corrected chi connectivity index (χ2v) is 6.26. The number of carbonyl (C=O) groups is 2. The Morgan fingerprint density at radius 3 is 2.83 bits per heavy atom. The van der Waals surface area contributed by atoms with Crippen molar-refractivity contribution in [3.05, 3.63) is 34.6 Å². The standard InChI is InChI=1S/C16H19ClFNO4/c1-23-10-16(15(21)22)5-2-6-19(9-16)14(20)7-11-3-4-12(18)8-13(11)17/h3-4,8H,2,5-7,9-10H2,1H3,(H,21,22)/t16-/m0/s1. The summed E-state index contributed by atoms with van der Waals surface area (Å²) in [4.78, 5) is 25.6. The summed E-state index contributed by atoms with van der Waals surface area (Å²) in [6.45, 7) is 0.660. The number of amides is 1. The van der Waals surface area contributed by atoms with Crippen LogP contribution in [0.5, 0.6) is 0 Å². The number of carboxylic acid groups (broad SMARTS) is 1. The van der Waals surface area contributed by atoms with Gasteiger partial charge in [0.25, 0.3) is 0 Å². The molecule has 1 aliphatic rings. The summed E-state index contributed by atoms with van der Waals surface area (Å²) in [6, 6.07) is 3.88. The SMILES string of the molecule is COC[C@]1(C(=O)O)CCCN(C(=O)Cc2ccc(F)cc2Cl)C1. The fourth-order valence-electron chi connectivity index (χ4n) is 2.91. The maximum atomic E-state index is 13.1. The molecular weight excluding hydrogens is 325 g/mol. The first-order valence-electron chi connectivity index (χ1n) is 7.32. The summed E-state index contributed by atoms with van der Waals surface area (Å²) in [6.07, 6.45) is 1.08. The van der Waals surface area contributed by atoms with Crippen molar-refractivity contribution in [3.63, 3.8) is 0 Å². The number of aliphatic carboxylic acids is 1. The lowest BCUT2D eigenvalue weighted by molar-refractivity contribution is -0.159. The van der Waals surface area contributed by atoms with Gasteiger partial charge in [-0.25, -0.2) is 4.39 Å². The Morgan fingerprint density at radius 1 is 1.48 bits per heavy atom. The highest BCUT2D eigenvalue weighted by molar-refractivity contribution is 6.31. The number of rotatable bonds is 5. The van der Waals surface area contributed by atoms with Gasteiger partial charge < -0.3 is 14.7 Å². The Hall–Kier alpha value is -1.66. The van der Waals surface area contributed by atoms with Crippen molar-refractivity contribution < 1.29 is 23.8 Å². The largest absolute Gasteiger partial charge is 0.481 e. The third kappa shape index (κ3) is 4.00. The molecule has 1 aromatic carbocycles. The average Bonchev–Trinajstić information content (AvgIpc) is 2.50. The Morgan fingerprint density at radius 2 is 2.22 bits per heavy atom. The molecular formula is C16H19ClFNO4. The fraction of sp³-hybridized carbons (Fsp3) is 0.500. The molecule has 0 aliphatic carbocycles. The molecule has 1 saturated heterocycles. The van der Waals surface area contributed by atoms with Crippen molar-refractivity contribution in [3.8, 4) is 0 Å². The lowest BCUT2D eigenvalue weighted by Crippen LogP contribution is -2.52. The molecule has 1 atom stereocenters. The Labute approximate surface area is 139 Å². The number of halogens is 2. The van der Waals surface area contributed by atoms with E-state index in [2.05, 4.69) is 0 Å². The molecule has 0 aromatic heterocycles. The van der Waals surface area contributed by atoms with Gasteiger partial charge in [0.1, 0.15) is 11.2 Å². The fourth-order valence-corrected chi connectivity index (χ4v) is 3.15. The van der Waals surface area contributed by atoms with E-state index in [0.29, 0.717) is 24.9 Å². The van der Waals surface area contributed by atoms with Gasteiger partial charge in [-0.1, -0.05) is 17.7 Å². The van der Waals surface area contributed by atoms with Crippen LogP contribution in [0.15, 0.2) is 18.2 Å². The van der Waals surface area contributed by atoms with Gasteiger partial charge in [-0.3, -0.25) is 9.59 Å². The third-order valence-corrected chi connectivity index (χ3v) is 4.51. The van der Waals surface area contributed by atoms with E-state index in [1.54, 1.807) is 0 Å². The van der Waals surface area contributed by atoms with Crippen LogP contribution in [0.2, 0.25) is 5.02 Å². The normalized spacial score (nSPS) is 21.3. The zero-order valence-electron chi connectivity index (χ0n) is 12.8. The highest BCUT2D eigenvalue weighted by Crippen LogP contribution is 2.31. The van der Waals surface area contributed by atoms with Crippen molar-refractivity contribution in [2.75, 3.05) is 26.8 Å². The zero-order valence-corrected chi connectivity index (χ0v) is 13.6. The van der Waals surface area contributed by atoms with Crippen LogP contribution in [0.4, 0.5) is 4.39 Å². The van der Waals surface area contributed by atoms with E-state index < -0.39 is 17.2 Å². The topological polar surface area (TPSA) is 66.8 Å². The first-order valence-corrected chi connectivity index (χ1v) is 7.70. The van der Waals surface area contributed by atoms with E-state index in [1.165, 1.54) is 24.1 Å². The number of ether oxygens (including phenoxy) is 1. The van der Waals surface area contributed by atoms with Gasteiger partial charge in [0.05, 0.1) is 13.0 Å². The summed E-state index contributed by atoms with van der Waals surface area (Å²) in [5, 5.41) is 9.69. The molecule has 1 heterocycles. The molecule has 1 fully saturated rings. The number of methoxy groups -OCH3 is 1. The number of likely N-dealkylation sites (tertiary alicyclic amines) is 1. The van der Waals surface area contributed by atoms with E-state index in [9.17, 15) is 19.1 Å². The number of carboxylic acids is 1. The second-order valence-electron chi connectivity index (χ2n) is 5.85. The molecule has 0 spiro atoms. The van der Waals surface area contributed by atoms with Crippen molar-refractivity contribution in [1.82, 2.24) is 4.90 Å². The molecule has 0 unspecified atom stereocenters. The van der Waals surface area contributed by atoms with Gasteiger partial charge >= 0.3 is 5.97 Å². The maximum absolute atomic E-state index is 13.1. The number of hydrogen-bond acceptors (Lipinski definition) is 3. The predicted octanol–water partition coefficient (Wildman–Crippen LogP) is 2.36. The number of piperidine rings is 1. The predicted molar refractivity (Wildman–Crippen MR) is 82.9 cm³/mol. The number of hydrogen-bond donors (Lipinski definition) is 1. The lowest BCUT2D eigenvalue weighted by Gasteiger charge is -2.39. The molecule has 1 N–H and O–H groups in total. The monoisotopic (exact) mass is 343 g/mol. The molecule has 1 aliphatic heterocycles. The molecule has 1 amide bonds. The van der Waals surface area contributed by atoms with Gasteiger partial charge in [-0.15, -0.1) is 0 Å². The van der Waals surface area contributed by atoms with Crippen molar-refractivity contribution >= 4 is 23.5 Å². The lowest BCUT2D eigenvalue weighted by atomic mass is 9.80. The van der Waals surface area contributed by atoms with Crippen molar-refractivity contribution in [1.29, 1.82) is 0 Å². The number of nitrogens with zero attached hydrogens (tertiary/aromatic N) is 1. The first kappa shape index (κ1) is 17.7. The smallest absolute Gasteiger partial charge is 0.313 e.